The molecule has 0 aliphatic carbocycles. The second kappa shape index (κ2) is 8.59. The maximum absolute atomic E-state index is 4.43. The maximum atomic E-state index is 4.43. The number of nitrogens with one attached hydrogen (secondary N) is 2. The first-order valence-corrected chi connectivity index (χ1v) is 9.31. The SMILES string of the molecule is CSc1cccnc1Nc1cc(Nc2ccc(CN(C)C)cn2)ncn1. The Kier molecular flexibility index (Phi) is 5.98. The molecule has 26 heavy (non-hydrogen) atoms. The van der Waals surface area contributed by atoms with Crippen LogP contribution in [-0.4, -0.2) is 45.2 Å². The first-order chi connectivity index (χ1) is 12.6. The zero-order valence-electron chi connectivity index (χ0n) is 15.0. The van der Waals surface area contributed by atoms with E-state index in [1.807, 2.05) is 56.9 Å². The van der Waals surface area contributed by atoms with Crippen molar-refractivity contribution in [3.05, 3.63) is 54.6 Å². The fraction of sp³-hybridized carbons (Fsp3) is 0.222. The van der Waals surface area contributed by atoms with E-state index in [2.05, 4.69) is 35.5 Å². The minimum Gasteiger partial charge on any atom is -0.325 e. The van der Waals surface area contributed by atoms with Crippen molar-refractivity contribution in [1.82, 2.24) is 24.8 Å². The predicted octanol–water partition coefficient (Wildman–Crippen LogP) is 3.54. The summed E-state index contributed by atoms with van der Waals surface area (Å²) in [5, 5.41) is 6.43. The monoisotopic (exact) mass is 367 g/mol. The van der Waals surface area contributed by atoms with Crippen molar-refractivity contribution in [3.8, 4) is 0 Å². The van der Waals surface area contributed by atoms with Crippen LogP contribution in [0.15, 0.2) is 53.9 Å². The van der Waals surface area contributed by atoms with Crippen molar-refractivity contribution in [3.63, 3.8) is 0 Å². The molecule has 0 radical (unpaired) electrons. The molecular weight excluding hydrogens is 346 g/mol. The number of hydrogen-bond acceptors (Lipinski definition) is 8. The van der Waals surface area contributed by atoms with Crippen LogP contribution < -0.4 is 10.6 Å². The Morgan fingerprint density at radius 2 is 1.77 bits per heavy atom. The molecule has 0 amide bonds. The first kappa shape index (κ1) is 18.1. The highest BCUT2D eigenvalue weighted by molar-refractivity contribution is 7.98. The molecule has 0 bridgehead atoms. The van der Waals surface area contributed by atoms with E-state index >= 15 is 0 Å². The second-order valence-corrected chi connectivity index (χ2v) is 6.73. The Hall–Kier alpha value is -2.71. The largest absolute Gasteiger partial charge is 0.325 e. The average Bonchev–Trinajstić information content (AvgIpc) is 2.64. The summed E-state index contributed by atoms with van der Waals surface area (Å²) in [4.78, 5) is 20.5. The zero-order chi connectivity index (χ0) is 18.4. The average molecular weight is 367 g/mol. The molecule has 0 saturated heterocycles. The lowest BCUT2D eigenvalue weighted by molar-refractivity contribution is 0.402. The standard InChI is InChI=1S/C18H21N7S/c1-25(2)11-13-6-7-15(20-10-13)23-16-9-17(22-12-21-16)24-18-14(26-3)5-4-8-19-18/h4-10,12H,11H2,1-3H3,(H2,19,20,21,22,23,24). The molecule has 0 atom stereocenters. The number of nitrogens with zero attached hydrogens (tertiary/aromatic N) is 5. The van der Waals surface area contributed by atoms with Gasteiger partial charge in [0.05, 0.1) is 0 Å². The van der Waals surface area contributed by atoms with Crippen LogP contribution in [0, 0.1) is 0 Å². The van der Waals surface area contributed by atoms with Crippen molar-refractivity contribution in [1.29, 1.82) is 0 Å². The Labute approximate surface area is 157 Å². The summed E-state index contributed by atoms with van der Waals surface area (Å²) in [6, 6.07) is 9.75. The number of anilines is 4. The number of aromatic nitrogens is 4. The second-order valence-electron chi connectivity index (χ2n) is 5.88. The highest BCUT2D eigenvalue weighted by atomic mass is 32.2. The molecule has 0 spiro atoms. The molecule has 0 aliphatic heterocycles. The van der Waals surface area contributed by atoms with Gasteiger partial charge in [0.25, 0.3) is 0 Å². The van der Waals surface area contributed by atoms with Crippen LogP contribution in [0.1, 0.15) is 5.56 Å². The fourth-order valence-electron chi connectivity index (χ4n) is 2.35. The van der Waals surface area contributed by atoms with Gasteiger partial charge in [-0.25, -0.2) is 19.9 Å². The third kappa shape index (κ3) is 4.90. The first-order valence-electron chi connectivity index (χ1n) is 8.09. The van der Waals surface area contributed by atoms with Crippen LogP contribution in [0.4, 0.5) is 23.3 Å². The van der Waals surface area contributed by atoms with Crippen molar-refractivity contribution < 1.29 is 0 Å². The van der Waals surface area contributed by atoms with Crippen LogP contribution >= 0.6 is 11.8 Å². The maximum Gasteiger partial charge on any atom is 0.145 e. The molecule has 7 nitrogen and oxygen atoms in total. The molecule has 0 unspecified atom stereocenters. The smallest absolute Gasteiger partial charge is 0.145 e. The molecule has 0 aromatic carbocycles. The molecular formula is C18H21N7S. The third-order valence-corrected chi connectivity index (χ3v) is 4.25. The molecule has 8 heteroatoms. The van der Waals surface area contributed by atoms with Crippen LogP contribution in [0.3, 0.4) is 0 Å². The summed E-state index contributed by atoms with van der Waals surface area (Å²) in [5.74, 6) is 2.84. The molecule has 3 aromatic heterocycles. The zero-order valence-corrected chi connectivity index (χ0v) is 15.8. The number of rotatable bonds is 7. The van der Waals surface area contributed by atoms with E-state index in [1.165, 1.54) is 6.33 Å². The lowest BCUT2D eigenvalue weighted by atomic mass is 10.2. The topological polar surface area (TPSA) is 78.9 Å². The highest BCUT2D eigenvalue weighted by Crippen LogP contribution is 2.25. The van der Waals surface area contributed by atoms with Gasteiger partial charge in [-0.2, -0.15) is 0 Å². The summed E-state index contributed by atoms with van der Waals surface area (Å²) in [5.41, 5.74) is 1.16. The van der Waals surface area contributed by atoms with Gasteiger partial charge < -0.3 is 15.5 Å². The molecule has 3 aromatic rings. The number of pyridine rings is 2. The van der Waals surface area contributed by atoms with E-state index in [0.717, 1.165) is 28.6 Å². The summed E-state index contributed by atoms with van der Waals surface area (Å²) in [6.45, 7) is 0.858. The minimum atomic E-state index is 0.664. The summed E-state index contributed by atoms with van der Waals surface area (Å²) in [6.07, 6.45) is 7.14. The fourth-order valence-corrected chi connectivity index (χ4v) is 2.86. The summed E-state index contributed by atoms with van der Waals surface area (Å²) in [7, 11) is 4.07. The van der Waals surface area contributed by atoms with Gasteiger partial charge >= 0.3 is 0 Å². The Balaban J connectivity index is 1.71. The lowest BCUT2D eigenvalue weighted by Crippen LogP contribution is -2.10. The van der Waals surface area contributed by atoms with Gasteiger partial charge in [-0.1, -0.05) is 6.07 Å². The Morgan fingerprint density at radius 3 is 2.46 bits per heavy atom. The summed E-state index contributed by atoms with van der Waals surface area (Å²) >= 11 is 1.63. The molecule has 0 saturated carbocycles. The third-order valence-electron chi connectivity index (χ3n) is 3.48. The van der Waals surface area contributed by atoms with Gasteiger partial charge in [-0.05, 0) is 44.1 Å². The number of hydrogen-bond donors (Lipinski definition) is 2. The number of thioether (sulfide) groups is 1. The van der Waals surface area contributed by atoms with Crippen LogP contribution in [0.25, 0.3) is 0 Å². The van der Waals surface area contributed by atoms with E-state index in [9.17, 15) is 0 Å². The van der Waals surface area contributed by atoms with Gasteiger partial charge in [-0.3, -0.25) is 0 Å². The molecule has 0 aliphatic rings. The molecule has 134 valence electrons. The van der Waals surface area contributed by atoms with Crippen molar-refractivity contribution >= 4 is 35.0 Å². The van der Waals surface area contributed by atoms with Gasteiger partial charge in [-0.15, -0.1) is 11.8 Å². The van der Waals surface area contributed by atoms with Crippen molar-refractivity contribution in [2.75, 3.05) is 31.0 Å². The van der Waals surface area contributed by atoms with Crippen LogP contribution in [-0.2, 0) is 6.54 Å². The van der Waals surface area contributed by atoms with E-state index in [1.54, 1.807) is 18.0 Å². The molecule has 3 rings (SSSR count). The quantitative estimate of drug-likeness (QED) is 0.614. The Morgan fingerprint density at radius 1 is 0.962 bits per heavy atom. The van der Waals surface area contributed by atoms with Crippen LogP contribution in [0.2, 0.25) is 0 Å². The van der Waals surface area contributed by atoms with E-state index in [4.69, 9.17) is 0 Å². The normalized spacial score (nSPS) is 10.8. The lowest BCUT2D eigenvalue weighted by Gasteiger charge is -2.11. The molecule has 0 fully saturated rings. The van der Waals surface area contributed by atoms with Crippen molar-refractivity contribution in [2.45, 2.75) is 11.4 Å². The Bertz CT molecular complexity index is 852. The van der Waals surface area contributed by atoms with E-state index in [0.29, 0.717) is 11.6 Å². The van der Waals surface area contributed by atoms with Gasteiger partial charge in [0.1, 0.15) is 29.6 Å². The van der Waals surface area contributed by atoms with Gasteiger partial charge in [0.15, 0.2) is 0 Å². The van der Waals surface area contributed by atoms with Crippen molar-refractivity contribution in [2.24, 2.45) is 0 Å². The van der Waals surface area contributed by atoms with Crippen LogP contribution in [0.5, 0.6) is 0 Å². The predicted molar refractivity (Wildman–Crippen MR) is 106 cm³/mol. The van der Waals surface area contributed by atoms with Gasteiger partial charge in [0, 0.05) is 29.9 Å². The van der Waals surface area contributed by atoms with E-state index in [-0.39, 0.29) is 0 Å². The molecule has 3 heterocycles. The summed E-state index contributed by atoms with van der Waals surface area (Å²) < 4.78 is 0. The highest BCUT2D eigenvalue weighted by Gasteiger charge is 2.06. The van der Waals surface area contributed by atoms with Gasteiger partial charge in [0.2, 0.25) is 0 Å². The minimum absolute atomic E-state index is 0.664. The molecule has 2 N–H and O–H groups in total. The van der Waals surface area contributed by atoms with E-state index < -0.39 is 0 Å².